The fourth-order valence-electron chi connectivity index (χ4n) is 1.61. The zero-order chi connectivity index (χ0) is 14.4. The van der Waals surface area contributed by atoms with Crippen molar-refractivity contribution in [3.05, 3.63) is 23.2 Å². The predicted octanol–water partition coefficient (Wildman–Crippen LogP) is 3.19. The second-order valence-corrected chi connectivity index (χ2v) is 5.10. The van der Waals surface area contributed by atoms with Crippen LogP contribution < -0.4 is 15.8 Å². The van der Waals surface area contributed by atoms with E-state index >= 15 is 0 Å². The van der Waals surface area contributed by atoms with Crippen molar-refractivity contribution in [3.8, 4) is 5.75 Å². The first-order valence-electron chi connectivity index (χ1n) is 6.46. The second-order valence-electron chi connectivity index (χ2n) is 4.70. The number of anilines is 1. The van der Waals surface area contributed by atoms with E-state index in [1.807, 2.05) is 20.8 Å². The molecule has 0 radical (unpaired) electrons. The zero-order valence-corrected chi connectivity index (χ0v) is 12.3. The van der Waals surface area contributed by atoms with Gasteiger partial charge in [-0.2, -0.15) is 0 Å². The molecule has 0 aliphatic carbocycles. The highest BCUT2D eigenvalue weighted by molar-refractivity contribution is 6.32. The largest absolute Gasteiger partial charge is 0.489 e. The lowest BCUT2D eigenvalue weighted by molar-refractivity contribution is -0.117. The molecule has 19 heavy (non-hydrogen) atoms. The van der Waals surface area contributed by atoms with E-state index in [1.165, 1.54) is 0 Å². The van der Waals surface area contributed by atoms with Crippen molar-refractivity contribution in [1.82, 2.24) is 0 Å². The smallest absolute Gasteiger partial charge is 0.241 e. The van der Waals surface area contributed by atoms with Crippen LogP contribution in [0.5, 0.6) is 5.75 Å². The number of rotatable bonds is 6. The maximum absolute atomic E-state index is 11.8. The summed E-state index contributed by atoms with van der Waals surface area (Å²) in [6, 6.07) is 4.66. The molecule has 0 spiro atoms. The van der Waals surface area contributed by atoms with Crippen molar-refractivity contribution >= 4 is 23.2 Å². The predicted molar refractivity (Wildman–Crippen MR) is 78.7 cm³/mol. The third kappa shape index (κ3) is 5.09. The molecule has 3 N–H and O–H groups in total. The quantitative estimate of drug-likeness (QED) is 0.843. The number of carbonyl (C=O) groups excluding carboxylic acids is 1. The van der Waals surface area contributed by atoms with Crippen LogP contribution in [0.15, 0.2) is 18.2 Å². The molecule has 5 heteroatoms. The van der Waals surface area contributed by atoms with Crippen molar-refractivity contribution in [2.24, 2.45) is 5.73 Å². The number of benzene rings is 1. The number of nitrogens with two attached hydrogens (primary N) is 1. The topological polar surface area (TPSA) is 64.4 Å². The average Bonchev–Trinajstić information content (AvgIpc) is 2.32. The molecule has 0 aliphatic heterocycles. The van der Waals surface area contributed by atoms with Gasteiger partial charge in [0.25, 0.3) is 0 Å². The van der Waals surface area contributed by atoms with Gasteiger partial charge in [0.2, 0.25) is 5.91 Å². The van der Waals surface area contributed by atoms with Crippen LogP contribution >= 0.6 is 11.6 Å². The number of hydrogen-bond donors (Lipinski definition) is 2. The van der Waals surface area contributed by atoms with Crippen LogP contribution in [0, 0.1) is 0 Å². The lowest BCUT2D eigenvalue weighted by atomic mass is 10.1. The molecule has 1 aromatic carbocycles. The molecule has 0 saturated carbocycles. The Labute approximate surface area is 119 Å². The van der Waals surface area contributed by atoms with E-state index in [0.717, 1.165) is 6.42 Å². The Morgan fingerprint density at radius 2 is 2.16 bits per heavy atom. The number of carbonyl (C=O) groups is 1. The number of nitrogens with one attached hydrogen (secondary N) is 1. The van der Waals surface area contributed by atoms with Crippen LogP contribution in [0.3, 0.4) is 0 Å². The van der Waals surface area contributed by atoms with Gasteiger partial charge in [-0.3, -0.25) is 4.79 Å². The minimum atomic E-state index is -0.490. The molecule has 1 atom stereocenters. The lowest BCUT2D eigenvalue weighted by Gasteiger charge is -2.14. The Morgan fingerprint density at radius 3 is 2.68 bits per heavy atom. The minimum Gasteiger partial charge on any atom is -0.489 e. The SMILES string of the molecule is CCC[C@H](N)C(=O)Nc1ccc(OC(C)C)c(Cl)c1. The van der Waals surface area contributed by atoms with Crippen LogP contribution in [0.25, 0.3) is 0 Å². The van der Waals surface area contributed by atoms with Crippen LogP contribution in [-0.2, 0) is 4.79 Å². The third-order valence-electron chi connectivity index (χ3n) is 2.50. The fourth-order valence-corrected chi connectivity index (χ4v) is 1.83. The van der Waals surface area contributed by atoms with Gasteiger partial charge < -0.3 is 15.8 Å². The third-order valence-corrected chi connectivity index (χ3v) is 2.79. The minimum absolute atomic E-state index is 0.0518. The van der Waals surface area contributed by atoms with Crippen LogP contribution in [0.2, 0.25) is 5.02 Å². The number of amides is 1. The summed E-state index contributed by atoms with van der Waals surface area (Å²) in [5, 5.41) is 3.21. The van der Waals surface area contributed by atoms with E-state index in [9.17, 15) is 4.79 Å². The van der Waals surface area contributed by atoms with Gasteiger partial charge in [0.05, 0.1) is 17.2 Å². The molecule has 0 unspecified atom stereocenters. The standard InChI is InChI=1S/C14H21ClN2O2/c1-4-5-12(16)14(18)17-10-6-7-13(11(15)8-10)19-9(2)3/h6-9,12H,4-5,16H2,1-3H3,(H,17,18)/t12-/m0/s1. The lowest BCUT2D eigenvalue weighted by Crippen LogP contribution is -2.35. The second kappa shape index (κ2) is 7.36. The monoisotopic (exact) mass is 284 g/mol. The molecular weight excluding hydrogens is 264 g/mol. The van der Waals surface area contributed by atoms with Gasteiger partial charge in [-0.1, -0.05) is 24.9 Å². The normalized spacial score (nSPS) is 12.3. The van der Waals surface area contributed by atoms with Gasteiger partial charge in [-0.25, -0.2) is 0 Å². The van der Waals surface area contributed by atoms with Gasteiger partial charge in [0, 0.05) is 5.69 Å². The van der Waals surface area contributed by atoms with Crippen LogP contribution in [-0.4, -0.2) is 18.1 Å². The van der Waals surface area contributed by atoms with E-state index in [-0.39, 0.29) is 12.0 Å². The van der Waals surface area contributed by atoms with E-state index in [1.54, 1.807) is 18.2 Å². The summed E-state index contributed by atoms with van der Waals surface area (Å²) in [6.45, 7) is 5.84. The molecule has 0 fully saturated rings. The average molecular weight is 285 g/mol. The van der Waals surface area contributed by atoms with Gasteiger partial charge >= 0.3 is 0 Å². The molecular formula is C14H21ClN2O2. The maximum Gasteiger partial charge on any atom is 0.241 e. The van der Waals surface area contributed by atoms with Crippen molar-refractivity contribution in [2.45, 2.75) is 45.8 Å². The van der Waals surface area contributed by atoms with Gasteiger partial charge in [-0.05, 0) is 38.5 Å². The Bertz CT molecular complexity index is 435. The van der Waals surface area contributed by atoms with Crippen molar-refractivity contribution in [2.75, 3.05) is 5.32 Å². The first kappa shape index (κ1) is 15.8. The summed E-state index contributed by atoms with van der Waals surface area (Å²) < 4.78 is 5.52. The highest BCUT2D eigenvalue weighted by Gasteiger charge is 2.13. The number of hydrogen-bond acceptors (Lipinski definition) is 3. The van der Waals surface area contributed by atoms with Crippen LogP contribution in [0.1, 0.15) is 33.6 Å². The number of halogens is 1. The summed E-state index contributed by atoms with van der Waals surface area (Å²) >= 11 is 6.09. The molecule has 0 aromatic heterocycles. The van der Waals surface area contributed by atoms with E-state index in [2.05, 4.69) is 5.32 Å². The summed E-state index contributed by atoms with van der Waals surface area (Å²) in [4.78, 5) is 11.8. The van der Waals surface area contributed by atoms with Crippen molar-refractivity contribution in [1.29, 1.82) is 0 Å². The molecule has 1 amide bonds. The highest BCUT2D eigenvalue weighted by Crippen LogP contribution is 2.28. The Hall–Kier alpha value is -1.26. The molecule has 0 bridgehead atoms. The first-order valence-corrected chi connectivity index (χ1v) is 6.84. The van der Waals surface area contributed by atoms with Gasteiger partial charge in [-0.15, -0.1) is 0 Å². The van der Waals surface area contributed by atoms with Gasteiger partial charge in [0.15, 0.2) is 0 Å². The molecule has 0 aliphatic rings. The van der Waals surface area contributed by atoms with Crippen molar-refractivity contribution in [3.63, 3.8) is 0 Å². The van der Waals surface area contributed by atoms with E-state index < -0.39 is 6.04 Å². The summed E-state index contributed by atoms with van der Waals surface area (Å²) in [7, 11) is 0. The molecule has 0 heterocycles. The van der Waals surface area contributed by atoms with E-state index in [4.69, 9.17) is 22.1 Å². The van der Waals surface area contributed by atoms with E-state index in [0.29, 0.717) is 22.9 Å². The summed E-state index contributed by atoms with van der Waals surface area (Å²) in [5.74, 6) is 0.406. The Morgan fingerprint density at radius 1 is 1.47 bits per heavy atom. The number of ether oxygens (including phenoxy) is 1. The molecule has 0 saturated heterocycles. The molecule has 4 nitrogen and oxygen atoms in total. The first-order chi connectivity index (χ1) is 8.93. The Kier molecular flexibility index (Phi) is 6.12. The zero-order valence-electron chi connectivity index (χ0n) is 11.6. The molecule has 1 rings (SSSR count). The summed E-state index contributed by atoms with van der Waals surface area (Å²) in [6.07, 6.45) is 1.58. The highest BCUT2D eigenvalue weighted by atomic mass is 35.5. The Balaban J connectivity index is 2.70. The fraction of sp³-hybridized carbons (Fsp3) is 0.500. The molecule has 1 aromatic rings. The van der Waals surface area contributed by atoms with Crippen LogP contribution in [0.4, 0.5) is 5.69 Å². The summed E-state index contributed by atoms with van der Waals surface area (Å²) in [5.41, 5.74) is 6.36. The maximum atomic E-state index is 11.8. The molecule has 106 valence electrons. The van der Waals surface area contributed by atoms with Gasteiger partial charge in [0.1, 0.15) is 5.75 Å². The van der Waals surface area contributed by atoms with Crippen molar-refractivity contribution < 1.29 is 9.53 Å².